The number of hydrogen-bond donors (Lipinski definition) is 1. The molecule has 1 unspecified atom stereocenters. The Hall–Kier alpha value is -2.55. The van der Waals surface area contributed by atoms with Crippen LogP contribution in [-0.2, 0) is 9.84 Å². The maximum absolute atomic E-state index is 13.8. The number of hydrogen-bond acceptors (Lipinski definition) is 5. The average Bonchev–Trinajstić information content (AvgIpc) is 2.51. The van der Waals surface area contributed by atoms with Crippen molar-refractivity contribution >= 4 is 21.2 Å². The lowest BCUT2D eigenvalue weighted by Gasteiger charge is -2.15. The van der Waals surface area contributed by atoms with Gasteiger partial charge in [0.05, 0.1) is 4.92 Å². The Balaban J connectivity index is 2.22. The molecule has 0 aliphatic heterocycles. The van der Waals surface area contributed by atoms with E-state index in [1.807, 2.05) is 0 Å². The van der Waals surface area contributed by atoms with Crippen molar-refractivity contribution in [2.24, 2.45) is 0 Å². The Morgan fingerprint density at radius 2 is 1.88 bits per heavy atom. The van der Waals surface area contributed by atoms with Gasteiger partial charge in [-0.1, -0.05) is 13.0 Å². The fraction of sp³-hybridized carbons (Fsp3) is 0.250. The van der Waals surface area contributed by atoms with Gasteiger partial charge in [-0.25, -0.2) is 17.2 Å². The zero-order chi connectivity index (χ0) is 18.8. The number of sulfone groups is 1. The lowest BCUT2D eigenvalue weighted by molar-refractivity contribution is -0.387. The molecule has 6 nitrogen and oxygen atoms in total. The van der Waals surface area contributed by atoms with Gasteiger partial charge < -0.3 is 5.32 Å². The summed E-state index contributed by atoms with van der Waals surface area (Å²) in [6.07, 6.45) is 0.885. The van der Waals surface area contributed by atoms with Crippen LogP contribution in [0, 0.1) is 21.7 Å². The highest BCUT2D eigenvalue weighted by atomic mass is 32.2. The number of nitro benzene ring substituents is 1. The first-order chi connectivity index (χ1) is 11.6. The van der Waals surface area contributed by atoms with Gasteiger partial charge in [0.1, 0.15) is 16.5 Å². The number of nitro groups is 1. The van der Waals surface area contributed by atoms with Gasteiger partial charge in [-0.15, -0.1) is 0 Å². The largest absolute Gasteiger partial charge is 0.384 e. The number of benzene rings is 2. The first-order valence-corrected chi connectivity index (χ1v) is 9.16. The highest BCUT2D eigenvalue weighted by Crippen LogP contribution is 2.28. The van der Waals surface area contributed by atoms with Crippen molar-refractivity contribution in [2.75, 3.05) is 18.1 Å². The molecule has 134 valence electrons. The van der Waals surface area contributed by atoms with Gasteiger partial charge in [-0.05, 0) is 23.8 Å². The van der Waals surface area contributed by atoms with E-state index in [4.69, 9.17) is 0 Å². The molecule has 2 rings (SSSR count). The van der Waals surface area contributed by atoms with E-state index in [0.717, 1.165) is 24.5 Å². The molecule has 9 heteroatoms. The Labute approximate surface area is 143 Å². The number of halogens is 2. The zero-order valence-corrected chi connectivity index (χ0v) is 14.3. The van der Waals surface area contributed by atoms with Crippen LogP contribution in [0.15, 0.2) is 41.3 Å². The van der Waals surface area contributed by atoms with Crippen LogP contribution in [-0.4, -0.2) is 26.1 Å². The van der Waals surface area contributed by atoms with E-state index in [9.17, 15) is 27.3 Å². The lowest BCUT2D eigenvalue weighted by Crippen LogP contribution is -2.12. The summed E-state index contributed by atoms with van der Waals surface area (Å²) in [7, 11) is -3.79. The van der Waals surface area contributed by atoms with Gasteiger partial charge in [0.15, 0.2) is 9.84 Å². The van der Waals surface area contributed by atoms with Crippen LogP contribution < -0.4 is 5.32 Å². The molecule has 0 saturated carbocycles. The summed E-state index contributed by atoms with van der Waals surface area (Å²) >= 11 is 0. The van der Waals surface area contributed by atoms with Crippen LogP contribution in [0.2, 0.25) is 0 Å². The SMILES string of the molecule is CC(CNc1ccc([N+](=O)[O-])c(S(C)(=O)=O)c1)c1ccc(F)cc1F. The number of nitrogens with zero attached hydrogens (tertiary/aromatic N) is 1. The van der Waals surface area contributed by atoms with Crippen molar-refractivity contribution in [3.63, 3.8) is 0 Å². The van der Waals surface area contributed by atoms with Crippen LogP contribution in [0.1, 0.15) is 18.4 Å². The number of nitrogens with one attached hydrogen (secondary N) is 1. The fourth-order valence-electron chi connectivity index (χ4n) is 2.35. The first-order valence-electron chi connectivity index (χ1n) is 7.27. The van der Waals surface area contributed by atoms with Crippen molar-refractivity contribution in [1.82, 2.24) is 0 Å². The summed E-state index contributed by atoms with van der Waals surface area (Å²) in [5.74, 6) is -1.68. The summed E-state index contributed by atoms with van der Waals surface area (Å²) in [6, 6.07) is 6.93. The van der Waals surface area contributed by atoms with Crippen molar-refractivity contribution in [3.05, 3.63) is 63.7 Å². The van der Waals surface area contributed by atoms with Gasteiger partial charge in [-0.2, -0.15) is 0 Å². The lowest BCUT2D eigenvalue weighted by atomic mass is 10.0. The second kappa shape index (κ2) is 7.14. The van der Waals surface area contributed by atoms with E-state index < -0.39 is 37.0 Å². The molecule has 0 aliphatic rings. The van der Waals surface area contributed by atoms with Gasteiger partial charge in [-0.3, -0.25) is 10.1 Å². The average molecular weight is 370 g/mol. The maximum atomic E-state index is 13.8. The number of anilines is 1. The molecular formula is C16H16F2N2O4S. The van der Waals surface area contributed by atoms with E-state index in [0.29, 0.717) is 11.3 Å². The number of rotatable bonds is 6. The van der Waals surface area contributed by atoms with Gasteiger partial charge in [0, 0.05) is 36.5 Å². The van der Waals surface area contributed by atoms with Crippen molar-refractivity contribution in [3.8, 4) is 0 Å². The van der Waals surface area contributed by atoms with Crippen molar-refractivity contribution < 1.29 is 22.1 Å². The minimum Gasteiger partial charge on any atom is -0.384 e. The van der Waals surface area contributed by atoms with E-state index in [1.54, 1.807) is 6.92 Å². The molecule has 1 N–H and O–H groups in total. The molecule has 1 atom stereocenters. The van der Waals surface area contributed by atoms with Crippen LogP contribution in [0.3, 0.4) is 0 Å². The minimum absolute atomic E-state index is 0.226. The highest BCUT2D eigenvalue weighted by Gasteiger charge is 2.22. The van der Waals surface area contributed by atoms with E-state index >= 15 is 0 Å². The highest BCUT2D eigenvalue weighted by molar-refractivity contribution is 7.90. The van der Waals surface area contributed by atoms with Crippen LogP contribution in [0.4, 0.5) is 20.2 Å². The van der Waals surface area contributed by atoms with Gasteiger partial charge >= 0.3 is 0 Å². The van der Waals surface area contributed by atoms with Crippen molar-refractivity contribution in [1.29, 1.82) is 0 Å². The molecule has 0 fully saturated rings. The Morgan fingerprint density at radius 3 is 2.44 bits per heavy atom. The van der Waals surface area contributed by atoms with Crippen LogP contribution in [0.5, 0.6) is 0 Å². The zero-order valence-electron chi connectivity index (χ0n) is 13.5. The predicted molar refractivity (Wildman–Crippen MR) is 89.5 cm³/mol. The molecule has 0 aliphatic carbocycles. The summed E-state index contributed by atoms with van der Waals surface area (Å²) in [5.41, 5.74) is 0.144. The van der Waals surface area contributed by atoms with E-state index in [-0.39, 0.29) is 12.5 Å². The molecule has 0 amide bonds. The molecule has 25 heavy (non-hydrogen) atoms. The molecule has 2 aromatic carbocycles. The summed E-state index contributed by atoms with van der Waals surface area (Å²) in [5, 5.41) is 13.9. The summed E-state index contributed by atoms with van der Waals surface area (Å²) < 4.78 is 50.2. The van der Waals surface area contributed by atoms with Crippen LogP contribution >= 0.6 is 0 Å². The smallest absolute Gasteiger partial charge is 0.288 e. The quantitative estimate of drug-likeness (QED) is 0.621. The molecule has 0 heterocycles. The maximum Gasteiger partial charge on any atom is 0.288 e. The fourth-order valence-corrected chi connectivity index (χ4v) is 3.22. The molecule has 2 aromatic rings. The molecule has 0 radical (unpaired) electrons. The van der Waals surface area contributed by atoms with Crippen molar-refractivity contribution in [2.45, 2.75) is 17.7 Å². The third-order valence-corrected chi connectivity index (χ3v) is 4.79. The topological polar surface area (TPSA) is 89.3 Å². The first kappa shape index (κ1) is 18.8. The normalized spacial score (nSPS) is 12.6. The Kier molecular flexibility index (Phi) is 5.36. The minimum atomic E-state index is -3.79. The second-order valence-electron chi connectivity index (χ2n) is 5.66. The van der Waals surface area contributed by atoms with E-state index in [1.165, 1.54) is 18.2 Å². The predicted octanol–water partition coefficient (Wildman–Crippen LogP) is 3.49. The molecule has 0 bridgehead atoms. The standard InChI is InChI=1S/C16H16F2N2O4S/c1-10(13-5-3-11(17)7-14(13)18)9-19-12-4-6-15(20(21)22)16(8-12)25(2,23)24/h3-8,10,19H,9H2,1-2H3. The molecule has 0 aromatic heterocycles. The van der Waals surface area contributed by atoms with Gasteiger partial charge in [0.2, 0.25) is 0 Å². The Morgan fingerprint density at radius 1 is 1.20 bits per heavy atom. The summed E-state index contributed by atoms with van der Waals surface area (Å²) in [4.78, 5) is 9.78. The van der Waals surface area contributed by atoms with Crippen LogP contribution in [0.25, 0.3) is 0 Å². The van der Waals surface area contributed by atoms with E-state index in [2.05, 4.69) is 5.32 Å². The molecular weight excluding hydrogens is 354 g/mol. The second-order valence-corrected chi connectivity index (χ2v) is 7.64. The van der Waals surface area contributed by atoms with Gasteiger partial charge in [0.25, 0.3) is 5.69 Å². The molecule has 0 saturated heterocycles. The monoisotopic (exact) mass is 370 g/mol. The Bertz CT molecular complexity index is 916. The summed E-state index contributed by atoms with van der Waals surface area (Å²) in [6.45, 7) is 1.94. The third kappa shape index (κ3) is 4.50. The molecule has 0 spiro atoms. The third-order valence-electron chi connectivity index (χ3n) is 3.66.